The maximum atomic E-state index is 6.96. The van der Waals surface area contributed by atoms with Crippen LogP contribution in [-0.4, -0.2) is 0 Å². The molecule has 0 aliphatic carbocycles. The molecule has 10 aromatic rings. The van der Waals surface area contributed by atoms with E-state index in [2.05, 4.69) is 163 Å². The number of para-hydroxylation sites is 3. The number of anilines is 3. The normalized spacial score (nSPS) is 11.9. The van der Waals surface area contributed by atoms with E-state index < -0.39 is 0 Å². The Hall–Kier alpha value is -6.32. The number of nitrogens with zero attached hydrogens (tertiary/aromatic N) is 1. The van der Waals surface area contributed by atoms with Gasteiger partial charge in [-0.2, -0.15) is 0 Å². The van der Waals surface area contributed by atoms with Crippen LogP contribution >= 0.6 is 0 Å². The molecule has 0 amide bonds. The molecule has 10 rings (SSSR count). The molecule has 0 unspecified atom stereocenters. The van der Waals surface area contributed by atoms with E-state index in [0.717, 1.165) is 93.8 Å². The van der Waals surface area contributed by atoms with Crippen LogP contribution in [0.5, 0.6) is 0 Å². The average molecular weight is 616 g/mol. The number of aryl methyl sites for hydroxylation is 1. The van der Waals surface area contributed by atoms with E-state index in [1.807, 2.05) is 6.07 Å². The Kier molecular flexibility index (Phi) is 5.79. The lowest BCUT2D eigenvalue weighted by molar-refractivity contribution is 0.669. The molecule has 3 nitrogen and oxygen atoms in total. The van der Waals surface area contributed by atoms with Gasteiger partial charge in [0.2, 0.25) is 0 Å². The monoisotopic (exact) mass is 615 g/mol. The van der Waals surface area contributed by atoms with Crippen LogP contribution in [0.15, 0.2) is 167 Å². The Morgan fingerprint density at radius 2 is 1.08 bits per heavy atom. The number of furan rings is 2. The zero-order valence-corrected chi connectivity index (χ0v) is 26.3. The van der Waals surface area contributed by atoms with E-state index in [1.54, 1.807) is 0 Å². The third-order valence-electron chi connectivity index (χ3n) is 9.77. The van der Waals surface area contributed by atoms with Crippen molar-refractivity contribution in [3.63, 3.8) is 0 Å². The molecule has 0 atom stereocenters. The lowest BCUT2D eigenvalue weighted by Gasteiger charge is -2.28. The summed E-state index contributed by atoms with van der Waals surface area (Å²) in [6.45, 7) is 2.17. The highest BCUT2D eigenvalue weighted by Crippen LogP contribution is 2.49. The van der Waals surface area contributed by atoms with E-state index in [9.17, 15) is 0 Å². The third-order valence-corrected chi connectivity index (χ3v) is 9.77. The SMILES string of the molecule is Cc1ccccc1N(c1cc2oc3c4ccccc4ccc3c2c2ccccc12)c1cccc2c1oc1c(-c3ccccc3)cccc12. The van der Waals surface area contributed by atoms with Gasteiger partial charge in [-0.15, -0.1) is 0 Å². The van der Waals surface area contributed by atoms with Gasteiger partial charge in [0.1, 0.15) is 16.7 Å². The Morgan fingerprint density at radius 1 is 0.417 bits per heavy atom. The fourth-order valence-corrected chi connectivity index (χ4v) is 7.56. The topological polar surface area (TPSA) is 29.5 Å². The van der Waals surface area contributed by atoms with Gasteiger partial charge in [0.15, 0.2) is 5.58 Å². The van der Waals surface area contributed by atoms with Crippen LogP contribution in [-0.2, 0) is 0 Å². The maximum absolute atomic E-state index is 6.96. The molecule has 0 N–H and O–H groups in total. The largest absolute Gasteiger partial charge is 0.455 e. The second kappa shape index (κ2) is 10.3. The fourth-order valence-electron chi connectivity index (χ4n) is 7.56. The number of benzene rings is 8. The summed E-state index contributed by atoms with van der Waals surface area (Å²) in [5.41, 5.74) is 9.98. The highest BCUT2D eigenvalue weighted by Gasteiger charge is 2.25. The quantitative estimate of drug-likeness (QED) is 0.197. The van der Waals surface area contributed by atoms with Crippen LogP contribution in [0.4, 0.5) is 17.1 Å². The van der Waals surface area contributed by atoms with Gasteiger partial charge < -0.3 is 13.7 Å². The van der Waals surface area contributed by atoms with Crippen molar-refractivity contribution in [3.8, 4) is 11.1 Å². The maximum Gasteiger partial charge on any atom is 0.159 e. The molecule has 0 fully saturated rings. The van der Waals surface area contributed by atoms with E-state index in [0.29, 0.717) is 0 Å². The number of rotatable bonds is 4. The summed E-state index contributed by atoms with van der Waals surface area (Å²) in [6.07, 6.45) is 0. The van der Waals surface area contributed by atoms with Crippen molar-refractivity contribution < 1.29 is 8.83 Å². The van der Waals surface area contributed by atoms with Crippen molar-refractivity contribution in [1.82, 2.24) is 0 Å². The molecule has 0 spiro atoms. The summed E-state index contributed by atoms with van der Waals surface area (Å²) in [5.74, 6) is 0. The summed E-state index contributed by atoms with van der Waals surface area (Å²) in [5, 5.41) is 9.02. The van der Waals surface area contributed by atoms with Gasteiger partial charge in [-0.1, -0.05) is 133 Å². The molecule has 0 radical (unpaired) electrons. The van der Waals surface area contributed by atoms with Crippen LogP contribution < -0.4 is 4.90 Å². The first-order valence-corrected chi connectivity index (χ1v) is 16.4. The van der Waals surface area contributed by atoms with Crippen LogP contribution in [0.2, 0.25) is 0 Å². The van der Waals surface area contributed by atoms with Gasteiger partial charge >= 0.3 is 0 Å². The molecule has 226 valence electrons. The van der Waals surface area contributed by atoms with Crippen molar-refractivity contribution in [2.45, 2.75) is 6.92 Å². The molecule has 0 saturated heterocycles. The molecule has 3 heteroatoms. The molecule has 0 aliphatic rings. The summed E-state index contributed by atoms with van der Waals surface area (Å²) in [7, 11) is 0. The predicted molar refractivity (Wildman–Crippen MR) is 201 cm³/mol. The van der Waals surface area contributed by atoms with Gasteiger partial charge in [0.25, 0.3) is 0 Å². The minimum Gasteiger partial charge on any atom is -0.455 e. The molecular weight excluding hydrogens is 587 g/mol. The summed E-state index contributed by atoms with van der Waals surface area (Å²) in [6, 6.07) is 55.7. The Bertz CT molecular complexity index is 2860. The highest BCUT2D eigenvalue weighted by atomic mass is 16.3. The van der Waals surface area contributed by atoms with Crippen LogP contribution in [0.1, 0.15) is 5.56 Å². The smallest absolute Gasteiger partial charge is 0.159 e. The third kappa shape index (κ3) is 3.88. The highest BCUT2D eigenvalue weighted by molar-refractivity contribution is 6.26. The average Bonchev–Trinajstić information content (AvgIpc) is 3.72. The van der Waals surface area contributed by atoms with Crippen molar-refractivity contribution in [3.05, 3.63) is 163 Å². The molecule has 0 bridgehead atoms. The van der Waals surface area contributed by atoms with Crippen LogP contribution in [0.25, 0.3) is 76.5 Å². The minimum absolute atomic E-state index is 0.846. The van der Waals surface area contributed by atoms with Crippen molar-refractivity contribution >= 4 is 82.5 Å². The second-order valence-electron chi connectivity index (χ2n) is 12.5. The first-order chi connectivity index (χ1) is 23.7. The fraction of sp³-hybridized carbons (Fsp3) is 0.0222. The van der Waals surface area contributed by atoms with Crippen LogP contribution in [0.3, 0.4) is 0 Å². The van der Waals surface area contributed by atoms with Gasteiger partial charge in [0.05, 0.1) is 11.4 Å². The second-order valence-corrected chi connectivity index (χ2v) is 12.5. The Balaban J connectivity index is 1.31. The van der Waals surface area contributed by atoms with E-state index in [1.165, 1.54) is 5.39 Å². The number of hydrogen-bond donors (Lipinski definition) is 0. The van der Waals surface area contributed by atoms with E-state index in [4.69, 9.17) is 8.83 Å². The van der Waals surface area contributed by atoms with Crippen molar-refractivity contribution in [1.29, 1.82) is 0 Å². The zero-order valence-electron chi connectivity index (χ0n) is 26.3. The lowest BCUT2D eigenvalue weighted by atomic mass is 9.99. The molecular formula is C45H29NO2. The minimum atomic E-state index is 0.846. The summed E-state index contributed by atoms with van der Waals surface area (Å²) < 4.78 is 13.8. The molecule has 0 aliphatic heterocycles. The number of hydrogen-bond acceptors (Lipinski definition) is 3. The Morgan fingerprint density at radius 3 is 1.94 bits per heavy atom. The zero-order chi connectivity index (χ0) is 31.8. The first-order valence-electron chi connectivity index (χ1n) is 16.4. The summed E-state index contributed by atoms with van der Waals surface area (Å²) in [4.78, 5) is 2.36. The Labute approximate surface area is 276 Å². The molecule has 2 aromatic heterocycles. The van der Waals surface area contributed by atoms with Crippen molar-refractivity contribution in [2.75, 3.05) is 4.90 Å². The van der Waals surface area contributed by atoms with E-state index in [-0.39, 0.29) is 0 Å². The molecule has 48 heavy (non-hydrogen) atoms. The van der Waals surface area contributed by atoms with Gasteiger partial charge in [-0.25, -0.2) is 0 Å². The predicted octanol–water partition coefficient (Wildman–Crippen LogP) is 13.2. The molecule has 0 saturated carbocycles. The molecule has 2 heterocycles. The van der Waals surface area contributed by atoms with Gasteiger partial charge in [-0.3, -0.25) is 0 Å². The van der Waals surface area contributed by atoms with Gasteiger partial charge in [-0.05, 0) is 47.0 Å². The summed E-state index contributed by atoms with van der Waals surface area (Å²) >= 11 is 0. The number of fused-ring (bicyclic) bond motifs is 10. The van der Waals surface area contributed by atoms with E-state index >= 15 is 0 Å². The standard InChI is InChI=1S/C45H29NO2/c1-28-13-5-10-23-38(28)46(39-24-12-22-36-35-21-11-20-32(43(35)48-45(36)39)29-14-3-2-4-15-29)40-27-41-42(34-19-9-8-18-33(34)40)37-26-25-30-16-6-7-17-31(30)44(37)47-41/h2-27H,1H3. The van der Waals surface area contributed by atoms with Gasteiger partial charge in [0, 0.05) is 49.6 Å². The van der Waals surface area contributed by atoms with Crippen molar-refractivity contribution in [2.24, 2.45) is 0 Å². The molecule has 8 aromatic carbocycles. The first kappa shape index (κ1) is 26.9. The van der Waals surface area contributed by atoms with Crippen LogP contribution in [0, 0.1) is 6.92 Å². The lowest BCUT2D eigenvalue weighted by Crippen LogP contribution is -2.12.